The van der Waals surface area contributed by atoms with Gasteiger partial charge in [0, 0.05) is 24.7 Å². The molecule has 0 unspecified atom stereocenters. The number of aromatic amines is 1. The van der Waals surface area contributed by atoms with Crippen molar-refractivity contribution in [1.82, 2.24) is 14.3 Å². The molecule has 0 fully saturated rings. The number of aliphatic imine (C=N–C) groups is 1. The number of aromatic nitrogens is 3. The number of hydrogen-bond acceptors (Lipinski definition) is 5. The minimum atomic E-state index is -0.401. The van der Waals surface area contributed by atoms with Crippen molar-refractivity contribution in [2.45, 2.75) is 32.1 Å². The van der Waals surface area contributed by atoms with E-state index in [1.807, 2.05) is 45.0 Å². The lowest BCUT2D eigenvalue weighted by atomic mass is 10.0. The van der Waals surface area contributed by atoms with E-state index in [2.05, 4.69) is 10.1 Å². The van der Waals surface area contributed by atoms with E-state index in [-0.39, 0.29) is 17.2 Å². The molecule has 8 heteroatoms. The molecular formula is C20H22N4O3S. The summed E-state index contributed by atoms with van der Waals surface area (Å²) in [6.07, 6.45) is 0. The average Bonchev–Trinajstić information content (AvgIpc) is 3.00. The molecule has 1 N–H and O–H groups in total. The van der Waals surface area contributed by atoms with Crippen LogP contribution >= 0.6 is 11.8 Å². The summed E-state index contributed by atoms with van der Waals surface area (Å²) in [6, 6.07) is 7.57. The predicted octanol–water partition coefficient (Wildman–Crippen LogP) is 3.50. The summed E-state index contributed by atoms with van der Waals surface area (Å²) in [5.41, 5.74) is 1.57. The summed E-state index contributed by atoms with van der Waals surface area (Å²) in [6.45, 7) is 5.87. The summed E-state index contributed by atoms with van der Waals surface area (Å²) in [5, 5.41) is 4.21. The number of pyridine rings is 1. The van der Waals surface area contributed by atoms with Crippen molar-refractivity contribution < 1.29 is 4.74 Å². The zero-order valence-corrected chi connectivity index (χ0v) is 17.3. The molecule has 0 bridgehead atoms. The first-order chi connectivity index (χ1) is 13.3. The highest BCUT2D eigenvalue weighted by molar-refractivity contribution is 8.14. The third kappa shape index (κ3) is 2.79. The van der Waals surface area contributed by atoms with Crippen LogP contribution in [0, 0.1) is 0 Å². The van der Waals surface area contributed by atoms with Crippen LogP contribution in [0.1, 0.15) is 43.2 Å². The van der Waals surface area contributed by atoms with Gasteiger partial charge in [-0.15, -0.1) is 0 Å². The van der Waals surface area contributed by atoms with Crippen LogP contribution in [0.15, 0.2) is 38.8 Å². The maximum absolute atomic E-state index is 13.2. The van der Waals surface area contributed by atoms with Gasteiger partial charge < -0.3 is 9.30 Å². The molecule has 1 atom stereocenters. The number of ether oxygens (including phenoxy) is 1. The van der Waals surface area contributed by atoms with Crippen LogP contribution in [0.4, 0.5) is 5.82 Å². The van der Waals surface area contributed by atoms with Crippen LogP contribution in [-0.2, 0) is 7.05 Å². The molecule has 3 aromatic rings. The fourth-order valence-corrected chi connectivity index (χ4v) is 4.69. The standard InChI is InChI=1S/C20H22N4O3S/c1-10(2)24-18-16(19(25)22-24)17(28-11(3)21-18)14-8-12-6-7-13(27-5)9-15(12)23(4)20(14)26/h6-10,17H,1-5H3,(H,22,25)/t17-/m0/s1. The third-order valence-corrected chi connectivity index (χ3v) is 6.17. The van der Waals surface area contributed by atoms with E-state index in [0.717, 1.165) is 15.9 Å². The number of benzene rings is 1. The molecule has 4 rings (SSSR count). The Morgan fingerprint density at radius 3 is 2.68 bits per heavy atom. The van der Waals surface area contributed by atoms with Crippen molar-refractivity contribution in [1.29, 1.82) is 0 Å². The van der Waals surface area contributed by atoms with Gasteiger partial charge in [-0.2, -0.15) is 0 Å². The molecule has 3 heterocycles. The highest BCUT2D eigenvalue weighted by atomic mass is 32.2. The fourth-order valence-electron chi connectivity index (χ4n) is 3.59. The summed E-state index contributed by atoms with van der Waals surface area (Å²) in [5.74, 6) is 1.30. The summed E-state index contributed by atoms with van der Waals surface area (Å²) >= 11 is 1.44. The Morgan fingerprint density at radius 1 is 1.25 bits per heavy atom. The second kappa shape index (κ2) is 6.70. The number of rotatable bonds is 3. The Morgan fingerprint density at radius 2 is 2.00 bits per heavy atom. The predicted molar refractivity (Wildman–Crippen MR) is 113 cm³/mol. The highest BCUT2D eigenvalue weighted by Crippen LogP contribution is 2.43. The fraction of sp³-hybridized carbons (Fsp3) is 0.350. The summed E-state index contributed by atoms with van der Waals surface area (Å²) < 4.78 is 8.66. The number of hydrogen-bond donors (Lipinski definition) is 1. The molecule has 1 aromatic carbocycles. The molecule has 7 nitrogen and oxygen atoms in total. The van der Waals surface area contributed by atoms with Crippen molar-refractivity contribution in [3.05, 3.63) is 56.1 Å². The van der Waals surface area contributed by atoms with E-state index in [1.54, 1.807) is 23.4 Å². The average molecular weight is 398 g/mol. The van der Waals surface area contributed by atoms with Crippen LogP contribution in [-0.4, -0.2) is 26.5 Å². The Kier molecular flexibility index (Phi) is 4.45. The Balaban J connectivity index is 1.97. The highest BCUT2D eigenvalue weighted by Gasteiger charge is 2.32. The first kappa shape index (κ1) is 18.6. The second-order valence-corrected chi connectivity index (χ2v) is 8.46. The van der Waals surface area contributed by atoms with Crippen molar-refractivity contribution in [3.63, 3.8) is 0 Å². The van der Waals surface area contributed by atoms with E-state index in [9.17, 15) is 9.59 Å². The maximum atomic E-state index is 13.2. The first-order valence-corrected chi connectivity index (χ1v) is 9.93. The Labute approximate surface area is 166 Å². The molecule has 0 aliphatic carbocycles. The zero-order chi connectivity index (χ0) is 20.2. The van der Waals surface area contributed by atoms with Crippen molar-refractivity contribution in [2.24, 2.45) is 12.0 Å². The summed E-state index contributed by atoms with van der Waals surface area (Å²) in [7, 11) is 3.34. The van der Waals surface area contributed by atoms with Gasteiger partial charge in [0.1, 0.15) is 5.75 Å². The Hall–Kier alpha value is -2.74. The van der Waals surface area contributed by atoms with E-state index in [0.29, 0.717) is 22.7 Å². The largest absolute Gasteiger partial charge is 0.497 e. The minimum Gasteiger partial charge on any atom is -0.497 e. The van der Waals surface area contributed by atoms with Gasteiger partial charge >= 0.3 is 0 Å². The quantitative estimate of drug-likeness (QED) is 0.732. The molecule has 0 saturated carbocycles. The van der Waals surface area contributed by atoms with Crippen molar-refractivity contribution in [2.75, 3.05) is 7.11 Å². The van der Waals surface area contributed by atoms with Gasteiger partial charge in [0.25, 0.3) is 11.1 Å². The lowest BCUT2D eigenvalue weighted by Crippen LogP contribution is -2.25. The van der Waals surface area contributed by atoms with Crippen molar-refractivity contribution >= 4 is 33.5 Å². The molecular weight excluding hydrogens is 376 g/mol. The molecule has 0 amide bonds. The van der Waals surface area contributed by atoms with E-state index in [4.69, 9.17) is 4.74 Å². The van der Waals surface area contributed by atoms with E-state index >= 15 is 0 Å². The van der Waals surface area contributed by atoms with Crippen molar-refractivity contribution in [3.8, 4) is 5.75 Å². The molecule has 2 aromatic heterocycles. The number of H-pyrrole nitrogens is 1. The molecule has 1 aliphatic rings. The van der Waals surface area contributed by atoms with Crippen LogP contribution in [0.25, 0.3) is 10.9 Å². The van der Waals surface area contributed by atoms with Crippen LogP contribution in [0.3, 0.4) is 0 Å². The van der Waals surface area contributed by atoms with Gasteiger partial charge in [0.2, 0.25) is 0 Å². The molecule has 0 spiro atoms. The monoisotopic (exact) mass is 398 g/mol. The number of methoxy groups -OCH3 is 1. The zero-order valence-electron chi connectivity index (χ0n) is 16.4. The normalized spacial score (nSPS) is 16.4. The minimum absolute atomic E-state index is 0.0589. The maximum Gasteiger partial charge on any atom is 0.271 e. The van der Waals surface area contributed by atoms with Crippen LogP contribution in [0.5, 0.6) is 5.75 Å². The van der Waals surface area contributed by atoms with Gasteiger partial charge in [-0.3, -0.25) is 19.4 Å². The van der Waals surface area contributed by atoms with Gasteiger partial charge in [0.15, 0.2) is 5.82 Å². The first-order valence-electron chi connectivity index (χ1n) is 9.05. The van der Waals surface area contributed by atoms with Gasteiger partial charge in [-0.05, 0) is 44.4 Å². The number of thioether (sulfide) groups is 1. The van der Waals surface area contributed by atoms with E-state index < -0.39 is 5.25 Å². The number of fused-ring (bicyclic) bond motifs is 2. The van der Waals surface area contributed by atoms with Gasteiger partial charge in [0.05, 0.1) is 28.5 Å². The van der Waals surface area contributed by atoms with Gasteiger partial charge in [-0.25, -0.2) is 4.99 Å². The number of aryl methyl sites for hydroxylation is 1. The SMILES string of the molecule is COc1ccc2cc([C@@H]3SC(C)=Nc4c3c(=O)[nH]n4C(C)C)c(=O)n(C)c2c1. The number of nitrogens with zero attached hydrogens (tertiary/aromatic N) is 3. The third-order valence-electron chi connectivity index (χ3n) is 5.01. The topological polar surface area (TPSA) is 81.4 Å². The van der Waals surface area contributed by atoms with Crippen LogP contribution < -0.4 is 15.9 Å². The van der Waals surface area contributed by atoms with Crippen LogP contribution in [0.2, 0.25) is 0 Å². The lowest BCUT2D eigenvalue weighted by molar-refractivity contribution is 0.415. The number of nitrogens with one attached hydrogen (secondary N) is 1. The Bertz CT molecular complexity index is 1230. The smallest absolute Gasteiger partial charge is 0.271 e. The lowest BCUT2D eigenvalue weighted by Gasteiger charge is -2.22. The molecule has 1 aliphatic heterocycles. The van der Waals surface area contributed by atoms with Gasteiger partial charge in [-0.1, -0.05) is 11.8 Å². The molecule has 0 saturated heterocycles. The molecule has 0 radical (unpaired) electrons. The van der Waals surface area contributed by atoms with E-state index in [1.165, 1.54) is 11.8 Å². The second-order valence-electron chi connectivity index (χ2n) is 7.16. The molecule has 146 valence electrons. The summed E-state index contributed by atoms with van der Waals surface area (Å²) in [4.78, 5) is 30.5. The molecule has 28 heavy (non-hydrogen) atoms.